The van der Waals surface area contributed by atoms with E-state index >= 15 is 0 Å². The lowest BCUT2D eigenvalue weighted by atomic mass is 10.2. The highest BCUT2D eigenvalue weighted by molar-refractivity contribution is 5.80. The summed E-state index contributed by atoms with van der Waals surface area (Å²) >= 11 is 0. The highest BCUT2D eigenvalue weighted by atomic mass is 16.5. The standard InChI is InChI=1S/C12H16N4O3/c1-16-8(4-5-10(16)17)12-14-9(15-19-12)6-13-11(18)7-2-3-7/h7-8H,2-6H2,1H3,(H,13,18)/t8-/m0/s1. The fraction of sp³-hybridized carbons (Fsp3) is 0.667. The van der Waals surface area contributed by atoms with Crippen LogP contribution in [0.15, 0.2) is 4.52 Å². The van der Waals surface area contributed by atoms with Crippen molar-refractivity contribution in [3.05, 3.63) is 11.7 Å². The van der Waals surface area contributed by atoms with Crippen LogP contribution in [0.5, 0.6) is 0 Å². The number of nitrogens with zero attached hydrogens (tertiary/aromatic N) is 3. The van der Waals surface area contributed by atoms with E-state index in [2.05, 4.69) is 15.5 Å². The summed E-state index contributed by atoms with van der Waals surface area (Å²) in [7, 11) is 1.73. The Bertz CT molecular complexity index is 509. The van der Waals surface area contributed by atoms with Crippen LogP contribution in [0.3, 0.4) is 0 Å². The summed E-state index contributed by atoms with van der Waals surface area (Å²) in [6.07, 6.45) is 3.15. The van der Waals surface area contributed by atoms with E-state index in [0.717, 1.165) is 12.8 Å². The van der Waals surface area contributed by atoms with Crippen molar-refractivity contribution in [1.29, 1.82) is 0 Å². The van der Waals surface area contributed by atoms with Crippen molar-refractivity contribution in [2.75, 3.05) is 7.05 Å². The fourth-order valence-electron chi connectivity index (χ4n) is 2.22. The molecule has 1 N–H and O–H groups in total. The molecular weight excluding hydrogens is 248 g/mol. The highest BCUT2D eigenvalue weighted by Crippen LogP contribution is 2.30. The second-order valence-corrected chi connectivity index (χ2v) is 5.10. The molecule has 1 saturated heterocycles. The Balaban J connectivity index is 1.59. The van der Waals surface area contributed by atoms with Crippen LogP contribution in [0.25, 0.3) is 0 Å². The Morgan fingerprint density at radius 1 is 1.47 bits per heavy atom. The molecule has 7 nitrogen and oxygen atoms in total. The SMILES string of the molecule is CN1C(=O)CC[C@H]1c1nc(CNC(=O)C2CC2)no1. The minimum Gasteiger partial charge on any atom is -0.348 e. The van der Waals surface area contributed by atoms with Gasteiger partial charge >= 0.3 is 0 Å². The van der Waals surface area contributed by atoms with E-state index in [1.54, 1.807) is 11.9 Å². The number of hydrogen-bond acceptors (Lipinski definition) is 5. The number of aromatic nitrogens is 2. The van der Waals surface area contributed by atoms with Crippen LogP contribution in [-0.2, 0) is 16.1 Å². The van der Waals surface area contributed by atoms with E-state index in [-0.39, 0.29) is 30.3 Å². The average molecular weight is 264 g/mol. The maximum atomic E-state index is 11.5. The van der Waals surface area contributed by atoms with Gasteiger partial charge in [0.15, 0.2) is 5.82 Å². The first kappa shape index (κ1) is 12.1. The van der Waals surface area contributed by atoms with Crippen molar-refractivity contribution < 1.29 is 14.1 Å². The maximum Gasteiger partial charge on any atom is 0.249 e. The first-order valence-corrected chi connectivity index (χ1v) is 6.51. The van der Waals surface area contributed by atoms with Crippen molar-refractivity contribution >= 4 is 11.8 Å². The van der Waals surface area contributed by atoms with Crippen LogP contribution < -0.4 is 5.32 Å². The zero-order valence-electron chi connectivity index (χ0n) is 10.8. The van der Waals surface area contributed by atoms with Gasteiger partial charge in [0.1, 0.15) is 6.04 Å². The molecule has 2 amide bonds. The summed E-state index contributed by atoms with van der Waals surface area (Å²) in [5.41, 5.74) is 0. The Kier molecular flexibility index (Phi) is 2.96. The molecule has 1 saturated carbocycles. The van der Waals surface area contributed by atoms with Gasteiger partial charge in [0, 0.05) is 19.4 Å². The summed E-state index contributed by atoms with van der Waals surface area (Å²) < 4.78 is 5.17. The third-order valence-corrected chi connectivity index (χ3v) is 3.63. The van der Waals surface area contributed by atoms with Gasteiger partial charge in [-0.1, -0.05) is 5.16 Å². The van der Waals surface area contributed by atoms with Gasteiger partial charge in [-0.05, 0) is 19.3 Å². The Morgan fingerprint density at radius 3 is 2.89 bits per heavy atom. The lowest BCUT2D eigenvalue weighted by Gasteiger charge is -2.14. The summed E-state index contributed by atoms with van der Waals surface area (Å²) in [6, 6.07) is -0.132. The average Bonchev–Trinajstić information content (AvgIpc) is 3.07. The number of amides is 2. The van der Waals surface area contributed by atoms with E-state index < -0.39 is 0 Å². The van der Waals surface area contributed by atoms with Gasteiger partial charge in [0.2, 0.25) is 17.7 Å². The second kappa shape index (κ2) is 4.64. The third-order valence-electron chi connectivity index (χ3n) is 3.63. The molecule has 1 aromatic rings. The zero-order valence-corrected chi connectivity index (χ0v) is 10.8. The van der Waals surface area contributed by atoms with Gasteiger partial charge in [-0.25, -0.2) is 0 Å². The molecule has 0 radical (unpaired) electrons. The summed E-state index contributed by atoms with van der Waals surface area (Å²) in [4.78, 5) is 28.8. The van der Waals surface area contributed by atoms with Gasteiger partial charge < -0.3 is 14.7 Å². The minimum absolute atomic E-state index is 0.0551. The van der Waals surface area contributed by atoms with E-state index in [1.807, 2.05) is 0 Å². The Labute approximate surface area is 110 Å². The van der Waals surface area contributed by atoms with Crippen LogP contribution in [0.4, 0.5) is 0 Å². The number of likely N-dealkylation sites (tertiary alicyclic amines) is 1. The van der Waals surface area contributed by atoms with Gasteiger partial charge in [-0.3, -0.25) is 9.59 Å². The number of carbonyl (C=O) groups is 2. The first-order chi connectivity index (χ1) is 9.15. The smallest absolute Gasteiger partial charge is 0.249 e. The quantitative estimate of drug-likeness (QED) is 0.849. The second-order valence-electron chi connectivity index (χ2n) is 5.10. The molecular formula is C12H16N4O3. The molecule has 2 fully saturated rings. The number of nitrogens with one attached hydrogen (secondary N) is 1. The van der Waals surface area contributed by atoms with Crippen LogP contribution >= 0.6 is 0 Å². The normalized spacial score (nSPS) is 22.9. The molecule has 1 atom stereocenters. The lowest BCUT2D eigenvalue weighted by molar-refractivity contribution is -0.128. The van der Waals surface area contributed by atoms with Gasteiger partial charge in [0.05, 0.1) is 6.54 Å². The predicted octanol–water partition coefficient (Wildman–Crippen LogP) is 0.389. The molecule has 102 valence electrons. The largest absolute Gasteiger partial charge is 0.348 e. The Hall–Kier alpha value is -1.92. The number of carbonyl (C=O) groups excluding carboxylic acids is 2. The number of rotatable bonds is 4. The Morgan fingerprint density at radius 2 is 2.26 bits per heavy atom. The molecule has 1 aliphatic heterocycles. The van der Waals surface area contributed by atoms with Crippen molar-refractivity contribution in [1.82, 2.24) is 20.4 Å². The number of hydrogen-bond donors (Lipinski definition) is 1. The predicted molar refractivity (Wildman–Crippen MR) is 63.6 cm³/mol. The molecule has 0 spiro atoms. The minimum atomic E-state index is -0.132. The van der Waals surface area contributed by atoms with Crippen LogP contribution in [0.2, 0.25) is 0 Å². The molecule has 0 unspecified atom stereocenters. The molecule has 1 aliphatic carbocycles. The van der Waals surface area contributed by atoms with Crippen molar-refractivity contribution in [3.63, 3.8) is 0 Å². The van der Waals surface area contributed by atoms with Crippen LogP contribution in [-0.4, -0.2) is 33.9 Å². The van der Waals surface area contributed by atoms with Crippen molar-refractivity contribution in [2.24, 2.45) is 5.92 Å². The molecule has 3 rings (SSSR count). The molecule has 7 heteroatoms. The van der Waals surface area contributed by atoms with Crippen LogP contribution in [0.1, 0.15) is 43.4 Å². The molecule has 1 aromatic heterocycles. The first-order valence-electron chi connectivity index (χ1n) is 6.51. The van der Waals surface area contributed by atoms with E-state index in [9.17, 15) is 9.59 Å². The van der Waals surface area contributed by atoms with E-state index in [1.165, 1.54) is 0 Å². The summed E-state index contributed by atoms with van der Waals surface area (Å²) in [5, 5.41) is 6.61. The zero-order chi connectivity index (χ0) is 13.4. The highest BCUT2D eigenvalue weighted by Gasteiger charge is 2.33. The van der Waals surface area contributed by atoms with Crippen molar-refractivity contribution in [3.8, 4) is 0 Å². The fourth-order valence-corrected chi connectivity index (χ4v) is 2.22. The van der Waals surface area contributed by atoms with Gasteiger partial charge in [-0.2, -0.15) is 4.98 Å². The molecule has 0 aromatic carbocycles. The summed E-state index contributed by atoms with van der Waals surface area (Å²) in [5.74, 6) is 1.22. The molecule has 0 bridgehead atoms. The molecule has 2 aliphatic rings. The van der Waals surface area contributed by atoms with Gasteiger partial charge in [0.25, 0.3) is 0 Å². The topological polar surface area (TPSA) is 88.3 Å². The lowest BCUT2D eigenvalue weighted by Crippen LogP contribution is -2.25. The van der Waals surface area contributed by atoms with Crippen molar-refractivity contribution in [2.45, 2.75) is 38.3 Å². The monoisotopic (exact) mass is 264 g/mol. The van der Waals surface area contributed by atoms with E-state index in [4.69, 9.17) is 4.52 Å². The van der Waals surface area contributed by atoms with Crippen LogP contribution in [0, 0.1) is 5.92 Å². The van der Waals surface area contributed by atoms with Gasteiger partial charge in [-0.15, -0.1) is 0 Å². The molecule has 2 heterocycles. The third kappa shape index (κ3) is 2.45. The van der Waals surface area contributed by atoms with E-state index in [0.29, 0.717) is 24.6 Å². The molecule has 19 heavy (non-hydrogen) atoms. The summed E-state index contributed by atoms with van der Waals surface area (Å²) in [6.45, 7) is 0.281. The maximum absolute atomic E-state index is 11.5.